The molecule has 2 rings (SSSR count). The molecule has 0 aliphatic heterocycles. The standard InChI is InChI=1S/C14H18N4O/c1-17(2)12-7-5-4-6-11(12)16-14(19)13-8-10(15)9-18(13)3/h4-9H,15H2,1-3H3,(H,16,19). The van der Waals surface area contributed by atoms with Crippen LogP contribution in [0.3, 0.4) is 0 Å². The minimum absolute atomic E-state index is 0.173. The number of aromatic nitrogens is 1. The molecule has 0 unspecified atom stereocenters. The number of para-hydroxylation sites is 2. The lowest BCUT2D eigenvalue weighted by molar-refractivity contribution is 0.101. The second-order valence-corrected chi connectivity index (χ2v) is 4.64. The number of rotatable bonds is 3. The van der Waals surface area contributed by atoms with Crippen molar-refractivity contribution in [2.24, 2.45) is 7.05 Å². The predicted molar refractivity (Wildman–Crippen MR) is 78.5 cm³/mol. The summed E-state index contributed by atoms with van der Waals surface area (Å²) in [5.74, 6) is -0.173. The number of nitrogens with two attached hydrogens (primary N) is 1. The molecule has 0 radical (unpaired) electrons. The molecule has 5 nitrogen and oxygen atoms in total. The van der Waals surface area contributed by atoms with Gasteiger partial charge in [-0.25, -0.2) is 0 Å². The van der Waals surface area contributed by atoms with Crippen molar-refractivity contribution >= 4 is 23.0 Å². The van der Waals surface area contributed by atoms with Crippen molar-refractivity contribution in [1.29, 1.82) is 0 Å². The zero-order valence-corrected chi connectivity index (χ0v) is 11.3. The van der Waals surface area contributed by atoms with E-state index in [0.717, 1.165) is 11.4 Å². The van der Waals surface area contributed by atoms with Crippen molar-refractivity contribution in [2.75, 3.05) is 30.0 Å². The highest BCUT2D eigenvalue weighted by Gasteiger charge is 2.13. The van der Waals surface area contributed by atoms with E-state index in [-0.39, 0.29) is 5.91 Å². The first-order chi connectivity index (χ1) is 8.99. The Hall–Kier alpha value is -2.43. The van der Waals surface area contributed by atoms with Crippen molar-refractivity contribution < 1.29 is 4.79 Å². The number of carbonyl (C=O) groups is 1. The summed E-state index contributed by atoms with van der Waals surface area (Å²) < 4.78 is 1.71. The lowest BCUT2D eigenvalue weighted by Crippen LogP contribution is -2.18. The van der Waals surface area contributed by atoms with Crippen LogP contribution in [0.1, 0.15) is 10.5 Å². The highest BCUT2D eigenvalue weighted by atomic mass is 16.1. The number of benzene rings is 1. The third kappa shape index (κ3) is 2.70. The molecule has 0 bridgehead atoms. The van der Waals surface area contributed by atoms with E-state index in [1.165, 1.54) is 0 Å². The molecule has 1 aromatic heterocycles. The number of amides is 1. The first-order valence-corrected chi connectivity index (χ1v) is 5.98. The van der Waals surface area contributed by atoms with Gasteiger partial charge in [-0.2, -0.15) is 0 Å². The molecule has 1 heterocycles. The van der Waals surface area contributed by atoms with Crippen molar-refractivity contribution in [3.05, 3.63) is 42.2 Å². The summed E-state index contributed by atoms with van der Waals surface area (Å²) in [6, 6.07) is 9.32. The molecular weight excluding hydrogens is 240 g/mol. The Labute approximate surface area is 112 Å². The number of hydrogen-bond acceptors (Lipinski definition) is 3. The molecule has 0 saturated heterocycles. The Morgan fingerprint density at radius 1 is 1.32 bits per heavy atom. The molecule has 1 aromatic carbocycles. The summed E-state index contributed by atoms with van der Waals surface area (Å²) in [6.07, 6.45) is 1.72. The number of nitrogen functional groups attached to an aromatic ring is 1. The van der Waals surface area contributed by atoms with Gasteiger partial charge in [-0.15, -0.1) is 0 Å². The number of nitrogens with zero attached hydrogens (tertiary/aromatic N) is 2. The second kappa shape index (κ2) is 5.06. The Balaban J connectivity index is 2.27. The molecule has 0 saturated carbocycles. The van der Waals surface area contributed by atoms with E-state index < -0.39 is 0 Å². The molecular formula is C14H18N4O. The van der Waals surface area contributed by atoms with Gasteiger partial charge in [0.15, 0.2) is 0 Å². The number of aryl methyl sites for hydroxylation is 1. The summed E-state index contributed by atoms with van der Waals surface area (Å²) in [6.45, 7) is 0. The van der Waals surface area contributed by atoms with Crippen LogP contribution in [0.25, 0.3) is 0 Å². The molecule has 2 aromatic rings. The zero-order chi connectivity index (χ0) is 14.0. The third-order valence-corrected chi connectivity index (χ3v) is 2.89. The predicted octanol–water partition coefficient (Wildman–Crippen LogP) is 1.93. The van der Waals surface area contributed by atoms with Gasteiger partial charge in [0, 0.05) is 27.3 Å². The summed E-state index contributed by atoms with van der Waals surface area (Å²) >= 11 is 0. The van der Waals surface area contributed by atoms with Crippen LogP contribution in [0.5, 0.6) is 0 Å². The molecule has 19 heavy (non-hydrogen) atoms. The largest absolute Gasteiger partial charge is 0.397 e. The van der Waals surface area contributed by atoms with Crippen molar-refractivity contribution in [2.45, 2.75) is 0 Å². The Bertz CT molecular complexity index is 601. The van der Waals surface area contributed by atoms with Gasteiger partial charge in [0.2, 0.25) is 0 Å². The minimum atomic E-state index is -0.173. The molecule has 1 amide bonds. The Kier molecular flexibility index (Phi) is 3.46. The molecule has 0 fully saturated rings. The van der Waals surface area contributed by atoms with Crippen LogP contribution in [0.4, 0.5) is 17.1 Å². The van der Waals surface area contributed by atoms with E-state index in [9.17, 15) is 4.79 Å². The maximum Gasteiger partial charge on any atom is 0.272 e. The van der Waals surface area contributed by atoms with E-state index in [1.54, 1.807) is 23.9 Å². The van der Waals surface area contributed by atoms with Crippen LogP contribution >= 0.6 is 0 Å². The van der Waals surface area contributed by atoms with Crippen molar-refractivity contribution in [3.63, 3.8) is 0 Å². The first-order valence-electron chi connectivity index (χ1n) is 5.98. The van der Waals surface area contributed by atoms with E-state index in [4.69, 9.17) is 5.73 Å². The number of hydrogen-bond donors (Lipinski definition) is 2. The maximum atomic E-state index is 12.2. The summed E-state index contributed by atoms with van der Waals surface area (Å²) in [5, 5.41) is 2.91. The van der Waals surface area contributed by atoms with Crippen LogP contribution in [0, 0.1) is 0 Å². The van der Waals surface area contributed by atoms with Crippen LogP contribution in [0.15, 0.2) is 36.5 Å². The van der Waals surface area contributed by atoms with Crippen molar-refractivity contribution in [1.82, 2.24) is 4.57 Å². The van der Waals surface area contributed by atoms with E-state index >= 15 is 0 Å². The summed E-state index contributed by atoms with van der Waals surface area (Å²) in [4.78, 5) is 14.2. The molecule has 3 N–H and O–H groups in total. The topological polar surface area (TPSA) is 63.3 Å². The third-order valence-electron chi connectivity index (χ3n) is 2.89. The number of nitrogens with one attached hydrogen (secondary N) is 1. The van der Waals surface area contributed by atoms with Gasteiger partial charge in [0.05, 0.1) is 17.1 Å². The summed E-state index contributed by atoms with van der Waals surface area (Å²) in [7, 11) is 5.67. The fraction of sp³-hybridized carbons (Fsp3) is 0.214. The van der Waals surface area contributed by atoms with E-state index in [1.807, 2.05) is 43.3 Å². The first kappa shape index (κ1) is 13.0. The lowest BCUT2D eigenvalue weighted by Gasteiger charge is -2.17. The maximum absolute atomic E-state index is 12.2. The quantitative estimate of drug-likeness (QED) is 0.884. The fourth-order valence-corrected chi connectivity index (χ4v) is 1.97. The van der Waals surface area contributed by atoms with Crippen LogP contribution in [0.2, 0.25) is 0 Å². The van der Waals surface area contributed by atoms with Gasteiger partial charge in [0.25, 0.3) is 5.91 Å². The molecule has 0 aliphatic carbocycles. The normalized spacial score (nSPS) is 10.3. The van der Waals surface area contributed by atoms with Crippen molar-refractivity contribution in [3.8, 4) is 0 Å². The molecule has 0 aliphatic rings. The lowest BCUT2D eigenvalue weighted by atomic mass is 10.2. The second-order valence-electron chi connectivity index (χ2n) is 4.64. The molecule has 0 spiro atoms. The monoisotopic (exact) mass is 258 g/mol. The average Bonchev–Trinajstić information content (AvgIpc) is 2.69. The Morgan fingerprint density at radius 2 is 2.00 bits per heavy atom. The number of carbonyl (C=O) groups excluding carboxylic acids is 1. The van der Waals surface area contributed by atoms with Crippen LogP contribution in [-0.4, -0.2) is 24.6 Å². The van der Waals surface area contributed by atoms with Gasteiger partial charge in [0.1, 0.15) is 5.69 Å². The van der Waals surface area contributed by atoms with Crippen LogP contribution < -0.4 is 16.0 Å². The highest BCUT2D eigenvalue weighted by Crippen LogP contribution is 2.24. The highest BCUT2D eigenvalue weighted by molar-refractivity contribution is 6.05. The van der Waals surface area contributed by atoms with Gasteiger partial charge >= 0.3 is 0 Å². The SMILES string of the molecule is CN(C)c1ccccc1NC(=O)c1cc(N)cn1C. The van der Waals surface area contributed by atoms with Gasteiger partial charge < -0.3 is 20.5 Å². The summed E-state index contributed by atoms with van der Waals surface area (Å²) in [5.41, 5.74) is 8.52. The molecule has 100 valence electrons. The molecule has 0 atom stereocenters. The fourth-order valence-electron chi connectivity index (χ4n) is 1.97. The van der Waals surface area contributed by atoms with E-state index in [0.29, 0.717) is 11.4 Å². The van der Waals surface area contributed by atoms with Gasteiger partial charge in [-0.1, -0.05) is 12.1 Å². The van der Waals surface area contributed by atoms with Gasteiger partial charge in [-0.3, -0.25) is 4.79 Å². The number of anilines is 3. The zero-order valence-electron chi connectivity index (χ0n) is 11.3. The Morgan fingerprint density at radius 3 is 2.58 bits per heavy atom. The van der Waals surface area contributed by atoms with Gasteiger partial charge in [-0.05, 0) is 18.2 Å². The minimum Gasteiger partial charge on any atom is -0.397 e. The smallest absolute Gasteiger partial charge is 0.272 e. The average molecular weight is 258 g/mol. The molecule has 5 heteroatoms. The van der Waals surface area contributed by atoms with Crippen LogP contribution in [-0.2, 0) is 7.05 Å². The van der Waals surface area contributed by atoms with E-state index in [2.05, 4.69) is 5.32 Å².